The van der Waals surface area contributed by atoms with Gasteiger partial charge < -0.3 is 4.74 Å². The molecule has 0 spiro atoms. The molecule has 3 fully saturated rings. The molecule has 2 aromatic carbocycles. The number of rotatable bonds is 3. The largest absolute Gasteiger partial charge is 0.496 e. The number of anilines is 1. The Morgan fingerprint density at radius 3 is 2.24 bits per heavy atom. The average molecular weight is 432 g/mol. The van der Waals surface area contributed by atoms with Gasteiger partial charge in [-0.05, 0) is 24.6 Å². The van der Waals surface area contributed by atoms with E-state index in [2.05, 4.69) is 5.01 Å². The van der Waals surface area contributed by atoms with Gasteiger partial charge in [0.2, 0.25) is 5.91 Å². The fraction of sp³-hybridized carbons (Fsp3) is 0.333. The van der Waals surface area contributed by atoms with Crippen LogP contribution >= 0.6 is 23.2 Å². The topological polar surface area (TPSA) is 53.1 Å². The highest BCUT2D eigenvalue weighted by Gasteiger charge is 2.63. The molecule has 3 heterocycles. The Bertz CT molecular complexity index is 994. The minimum Gasteiger partial charge on any atom is -0.496 e. The molecule has 0 bridgehead atoms. The summed E-state index contributed by atoms with van der Waals surface area (Å²) < 4.78 is 5.57. The number of methoxy groups -OCH3 is 1. The molecule has 150 valence electrons. The van der Waals surface area contributed by atoms with Gasteiger partial charge in [0.1, 0.15) is 11.8 Å². The van der Waals surface area contributed by atoms with E-state index in [-0.39, 0.29) is 33.6 Å². The number of benzene rings is 2. The van der Waals surface area contributed by atoms with Crippen LogP contribution < -0.4 is 9.64 Å². The van der Waals surface area contributed by atoms with Gasteiger partial charge in [-0.25, -0.2) is 14.9 Å². The molecule has 3 saturated heterocycles. The van der Waals surface area contributed by atoms with Crippen molar-refractivity contribution in [2.24, 2.45) is 5.92 Å². The normalized spacial score (nSPS) is 26.9. The number of imide groups is 1. The summed E-state index contributed by atoms with van der Waals surface area (Å²) in [4.78, 5) is 28.3. The Kier molecular flexibility index (Phi) is 4.55. The van der Waals surface area contributed by atoms with E-state index in [4.69, 9.17) is 27.9 Å². The second kappa shape index (κ2) is 6.99. The number of carbonyl (C=O) groups is 2. The molecule has 6 nitrogen and oxygen atoms in total. The van der Waals surface area contributed by atoms with Crippen molar-refractivity contribution in [2.75, 3.05) is 25.1 Å². The third kappa shape index (κ3) is 2.63. The van der Waals surface area contributed by atoms with Crippen LogP contribution in [-0.2, 0) is 9.59 Å². The minimum atomic E-state index is -0.563. The second-order valence-electron chi connectivity index (χ2n) is 7.42. The fourth-order valence-corrected chi connectivity index (χ4v) is 5.49. The molecule has 8 heteroatoms. The molecule has 29 heavy (non-hydrogen) atoms. The first kappa shape index (κ1) is 18.9. The first-order valence-corrected chi connectivity index (χ1v) is 10.3. The van der Waals surface area contributed by atoms with Crippen molar-refractivity contribution in [1.82, 2.24) is 10.0 Å². The summed E-state index contributed by atoms with van der Waals surface area (Å²) in [5.41, 5.74) is 1.17. The first-order valence-electron chi connectivity index (χ1n) is 9.52. The van der Waals surface area contributed by atoms with Gasteiger partial charge in [0.05, 0.1) is 34.8 Å². The maximum absolute atomic E-state index is 13.6. The Morgan fingerprint density at radius 2 is 1.55 bits per heavy atom. The first-order chi connectivity index (χ1) is 14.0. The van der Waals surface area contributed by atoms with Gasteiger partial charge in [0.15, 0.2) is 0 Å². The molecule has 0 radical (unpaired) electrons. The van der Waals surface area contributed by atoms with Gasteiger partial charge >= 0.3 is 0 Å². The van der Waals surface area contributed by atoms with Crippen molar-refractivity contribution in [2.45, 2.75) is 18.5 Å². The van der Waals surface area contributed by atoms with Crippen molar-refractivity contribution in [3.63, 3.8) is 0 Å². The lowest BCUT2D eigenvalue weighted by Crippen LogP contribution is -2.44. The standard InChI is InChI=1S/C21H19Cl2N3O3/c1-29-15-9-3-2-6-12(15)17-16-19(25-11-5-10-24(17)25)21(28)26(20(16)27)18-13(22)7-4-8-14(18)23/h2-4,6-9,16-17,19H,5,10-11H2,1H3/t16-,17-,19-/m0/s1. The molecule has 0 unspecified atom stereocenters. The van der Waals surface area contributed by atoms with Gasteiger partial charge in [-0.3, -0.25) is 9.59 Å². The smallest absolute Gasteiger partial charge is 0.253 e. The number of hydrogen-bond acceptors (Lipinski definition) is 5. The summed E-state index contributed by atoms with van der Waals surface area (Å²) in [6.45, 7) is 1.53. The highest BCUT2D eigenvalue weighted by molar-refractivity contribution is 6.42. The second-order valence-corrected chi connectivity index (χ2v) is 8.23. The number of carbonyl (C=O) groups excluding carboxylic acids is 2. The summed E-state index contributed by atoms with van der Waals surface area (Å²) in [6, 6.07) is 11.8. The Morgan fingerprint density at radius 1 is 0.897 bits per heavy atom. The number of nitrogens with zero attached hydrogens (tertiary/aromatic N) is 3. The van der Waals surface area contributed by atoms with Crippen molar-refractivity contribution < 1.29 is 14.3 Å². The van der Waals surface area contributed by atoms with Crippen LogP contribution in [0.3, 0.4) is 0 Å². The molecule has 2 amide bonds. The summed E-state index contributed by atoms with van der Waals surface area (Å²) in [5.74, 6) is -0.398. The molecular formula is C21H19Cl2N3O3. The summed E-state index contributed by atoms with van der Waals surface area (Å²) in [7, 11) is 1.62. The number of hydrogen-bond donors (Lipinski definition) is 0. The van der Waals surface area contributed by atoms with Crippen LogP contribution in [0.15, 0.2) is 42.5 Å². The van der Waals surface area contributed by atoms with E-state index in [0.717, 1.165) is 25.1 Å². The summed E-state index contributed by atoms with van der Waals surface area (Å²) in [5, 5.41) is 4.75. The van der Waals surface area contributed by atoms with E-state index in [1.807, 2.05) is 29.3 Å². The molecule has 3 atom stereocenters. The van der Waals surface area contributed by atoms with Crippen LogP contribution in [-0.4, -0.2) is 48.1 Å². The molecule has 3 aliphatic rings. The third-order valence-corrected chi connectivity index (χ3v) is 6.63. The Labute approximate surface area is 178 Å². The highest BCUT2D eigenvalue weighted by Crippen LogP contribution is 2.51. The highest BCUT2D eigenvalue weighted by atomic mass is 35.5. The Hall–Kier alpha value is -2.12. The average Bonchev–Trinajstić information content (AvgIpc) is 3.36. The number of amides is 2. The minimum absolute atomic E-state index is 0.268. The van der Waals surface area contributed by atoms with Gasteiger partial charge in [0, 0.05) is 18.7 Å². The van der Waals surface area contributed by atoms with Gasteiger partial charge in [-0.1, -0.05) is 47.5 Å². The quantitative estimate of drug-likeness (QED) is 0.695. The van der Waals surface area contributed by atoms with E-state index >= 15 is 0 Å². The number of halogens is 2. The maximum atomic E-state index is 13.6. The maximum Gasteiger partial charge on any atom is 0.253 e. The zero-order valence-corrected chi connectivity index (χ0v) is 17.2. The zero-order valence-electron chi connectivity index (χ0n) is 15.7. The number of ether oxygens (including phenoxy) is 1. The summed E-state index contributed by atoms with van der Waals surface area (Å²) in [6.07, 6.45) is 0.934. The lowest BCUT2D eigenvalue weighted by Gasteiger charge is -2.30. The van der Waals surface area contributed by atoms with Gasteiger partial charge in [-0.2, -0.15) is 0 Å². The number of hydrazine groups is 1. The van der Waals surface area contributed by atoms with Crippen LogP contribution in [0.4, 0.5) is 5.69 Å². The van der Waals surface area contributed by atoms with E-state index in [1.165, 1.54) is 4.90 Å². The monoisotopic (exact) mass is 431 g/mol. The Balaban J connectivity index is 1.64. The van der Waals surface area contributed by atoms with Crippen molar-refractivity contribution in [3.8, 4) is 5.75 Å². The molecule has 0 N–H and O–H groups in total. The molecule has 0 aromatic heterocycles. The van der Waals surface area contributed by atoms with Crippen LogP contribution in [0.25, 0.3) is 0 Å². The predicted octanol–water partition coefficient (Wildman–Crippen LogP) is 3.54. The van der Waals surface area contributed by atoms with Crippen molar-refractivity contribution in [1.29, 1.82) is 0 Å². The lowest BCUT2D eigenvalue weighted by atomic mass is 9.89. The molecule has 3 aliphatic heterocycles. The zero-order chi connectivity index (χ0) is 20.3. The summed E-state index contributed by atoms with van der Waals surface area (Å²) >= 11 is 12.7. The van der Waals surface area contributed by atoms with Crippen molar-refractivity contribution >= 4 is 40.7 Å². The molecule has 2 aromatic rings. The van der Waals surface area contributed by atoms with E-state index < -0.39 is 12.0 Å². The molecule has 0 saturated carbocycles. The van der Waals surface area contributed by atoms with E-state index in [9.17, 15) is 9.59 Å². The van der Waals surface area contributed by atoms with Crippen LogP contribution in [0.5, 0.6) is 5.75 Å². The molecule has 5 rings (SSSR count). The third-order valence-electron chi connectivity index (χ3n) is 6.02. The SMILES string of the molecule is COc1ccccc1[C@H]1[C@@H]2C(=O)N(c3c(Cl)cccc3Cl)C(=O)[C@H]2N2CCCN12. The van der Waals surface area contributed by atoms with Crippen LogP contribution in [0, 0.1) is 5.92 Å². The van der Waals surface area contributed by atoms with Crippen LogP contribution in [0.1, 0.15) is 18.0 Å². The van der Waals surface area contributed by atoms with Gasteiger partial charge in [-0.15, -0.1) is 0 Å². The van der Waals surface area contributed by atoms with Gasteiger partial charge in [0.25, 0.3) is 5.91 Å². The number of fused-ring (bicyclic) bond motifs is 3. The van der Waals surface area contributed by atoms with Crippen LogP contribution in [0.2, 0.25) is 10.0 Å². The lowest BCUT2D eigenvalue weighted by molar-refractivity contribution is -0.126. The van der Waals surface area contributed by atoms with E-state index in [0.29, 0.717) is 5.75 Å². The molecule has 0 aliphatic carbocycles. The predicted molar refractivity (Wildman–Crippen MR) is 110 cm³/mol. The van der Waals surface area contributed by atoms with Crippen molar-refractivity contribution in [3.05, 3.63) is 58.1 Å². The number of para-hydroxylation sites is 2. The van der Waals surface area contributed by atoms with E-state index in [1.54, 1.807) is 25.3 Å². The molecular weight excluding hydrogens is 413 g/mol. The fourth-order valence-electron chi connectivity index (χ4n) is 4.92.